The Bertz CT molecular complexity index is 527. The lowest BCUT2D eigenvalue weighted by Crippen LogP contribution is -2.34. The van der Waals surface area contributed by atoms with Crippen molar-refractivity contribution in [1.29, 1.82) is 0 Å². The number of carbonyl (C=O) groups is 1. The summed E-state index contributed by atoms with van der Waals surface area (Å²) in [5.41, 5.74) is 5.94. The summed E-state index contributed by atoms with van der Waals surface area (Å²) >= 11 is 1.71. The van der Waals surface area contributed by atoms with E-state index in [1.165, 1.54) is 0 Å². The number of carbonyl (C=O) groups excluding carboxylic acids is 1. The minimum Gasteiger partial charge on any atom is -0.320 e. The van der Waals surface area contributed by atoms with Gasteiger partial charge < -0.3 is 11.1 Å². The van der Waals surface area contributed by atoms with Gasteiger partial charge in [0.15, 0.2) is 0 Å². The molecule has 0 bridgehead atoms. The normalized spacial score (nSPS) is 21.6. The first kappa shape index (κ1) is 13.9. The molecule has 1 aromatic heterocycles. The average Bonchev–Trinajstić information content (AvgIpc) is 2.85. The Morgan fingerprint density at radius 1 is 1.63 bits per heavy atom. The summed E-state index contributed by atoms with van der Waals surface area (Å²) in [4.78, 5) is 16.5. The molecule has 1 aromatic rings. The van der Waals surface area contributed by atoms with Crippen LogP contribution in [-0.2, 0) is 4.79 Å². The van der Waals surface area contributed by atoms with Crippen molar-refractivity contribution in [1.82, 2.24) is 4.98 Å². The standard InChI is InChI=1S/C14H17N3OS/c1-14(8-4-10-19-14)13(18)17-12-7-2-5-11(16-12)6-3-9-15/h2,5,7H,4,8-10,15H2,1H3,(H,16,17,18). The lowest BCUT2D eigenvalue weighted by molar-refractivity contribution is -0.118. The largest absolute Gasteiger partial charge is 0.320 e. The van der Waals surface area contributed by atoms with Crippen LogP contribution >= 0.6 is 11.8 Å². The van der Waals surface area contributed by atoms with E-state index >= 15 is 0 Å². The molecule has 0 saturated carbocycles. The van der Waals surface area contributed by atoms with Gasteiger partial charge in [-0.15, -0.1) is 11.8 Å². The van der Waals surface area contributed by atoms with Crippen LogP contribution in [-0.4, -0.2) is 27.9 Å². The van der Waals surface area contributed by atoms with Crippen molar-refractivity contribution in [2.45, 2.75) is 24.5 Å². The molecule has 1 aliphatic heterocycles. The Morgan fingerprint density at radius 3 is 3.16 bits per heavy atom. The molecule has 19 heavy (non-hydrogen) atoms. The van der Waals surface area contributed by atoms with E-state index in [2.05, 4.69) is 22.1 Å². The fraction of sp³-hybridized carbons (Fsp3) is 0.429. The van der Waals surface area contributed by atoms with Crippen molar-refractivity contribution >= 4 is 23.5 Å². The zero-order chi connectivity index (χ0) is 13.7. The Balaban J connectivity index is 2.08. The van der Waals surface area contributed by atoms with Crippen molar-refractivity contribution in [3.8, 4) is 11.8 Å². The van der Waals surface area contributed by atoms with Crippen LogP contribution in [0.4, 0.5) is 5.82 Å². The smallest absolute Gasteiger partial charge is 0.241 e. The molecule has 0 aliphatic carbocycles. The Morgan fingerprint density at radius 2 is 2.47 bits per heavy atom. The van der Waals surface area contributed by atoms with Crippen molar-refractivity contribution in [2.24, 2.45) is 5.73 Å². The first-order valence-electron chi connectivity index (χ1n) is 6.25. The minimum atomic E-state index is -0.333. The van der Waals surface area contributed by atoms with E-state index in [9.17, 15) is 4.79 Å². The Hall–Kier alpha value is -1.51. The van der Waals surface area contributed by atoms with E-state index < -0.39 is 0 Å². The van der Waals surface area contributed by atoms with Crippen molar-refractivity contribution in [3.05, 3.63) is 23.9 Å². The fourth-order valence-corrected chi connectivity index (χ4v) is 3.13. The summed E-state index contributed by atoms with van der Waals surface area (Å²) in [5, 5.41) is 2.87. The third kappa shape index (κ3) is 3.49. The van der Waals surface area contributed by atoms with E-state index in [4.69, 9.17) is 5.73 Å². The second-order valence-electron chi connectivity index (χ2n) is 4.55. The second-order valence-corrected chi connectivity index (χ2v) is 6.15. The highest BCUT2D eigenvalue weighted by Crippen LogP contribution is 2.38. The van der Waals surface area contributed by atoms with E-state index in [0.29, 0.717) is 18.1 Å². The molecule has 2 heterocycles. The van der Waals surface area contributed by atoms with Crippen molar-refractivity contribution < 1.29 is 4.79 Å². The van der Waals surface area contributed by atoms with Gasteiger partial charge in [-0.25, -0.2) is 4.98 Å². The number of pyridine rings is 1. The first-order valence-corrected chi connectivity index (χ1v) is 7.24. The third-order valence-electron chi connectivity index (χ3n) is 3.01. The number of amides is 1. The second kappa shape index (κ2) is 6.09. The van der Waals surface area contributed by atoms with Crippen LogP contribution in [0.25, 0.3) is 0 Å². The summed E-state index contributed by atoms with van der Waals surface area (Å²) in [6.45, 7) is 2.28. The molecule has 1 aliphatic rings. The number of nitrogens with two attached hydrogens (primary N) is 1. The summed E-state index contributed by atoms with van der Waals surface area (Å²) < 4.78 is -0.333. The van der Waals surface area contributed by atoms with Gasteiger partial charge in [0.2, 0.25) is 5.91 Å². The number of thioether (sulfide) groups is 1. The zero-order valence-electron chi connectivity index (χ0n) is 10.9. The Kier molecular flexibility index (Phi) is 4.46. The van der Waals surface area contributed by atoms with Crippen LogP contribution in [0.3, 0.4) is 0 Å². The molecule has 0 aromatic carbocycles. The summed E-state index contributed by atoms with van der Waals surface area (Å²) in [6, 6.07) is 5.39. The maximum atomic E-state index is 12.2. The van der Waals surface area contributed by atoms with Gasteiger partial charge in [0, 0.05) is 0 Å². The highest BCUT2D eigenvalue weighted by atomic mass is 32.2. The summed E-state index contributed by atoms with van der Waals surface area (Å²) in [5.74, 6) is 7.21. The van der Waals surface area contributed by atoms with Gasteiger partial charge in [-0.1, -0.05) is 12.0 Å². The molecule has 3 N–H and O–H groups in total. The molecule has 1 saturated heterocycles. The number of aromatic nitrogens is 1. The molecule has 4 nitrogen and oxygen atoms in total. The van der Waals surface area contributed by atoms with E-state index in [-0.39, 0.29) is 10.7 Å². The number of nitrogens with one attached hydrogen (secondary N) is 1. The first-order chi connectivity index (χ1) is 9.14. The molecule has 1 fully saturated rings. The van der Waals surface area contributed by atoms with E-state index in [1.807, 2.05) is 13.0 Å². The van der Waals surface area contributed by atoms with Gasteiger partial charge in [-0.2, -0.15) is 0 Å². The number of nitrogens with zero attached hydrogens (tertiary/aromatic N) is 1. The highest BCUT2D eigenvalue weighted by molar-refractivity contribution is 8.01. The average molecular weight is 275 g/mol. The van der Waals surface area contributed by atoms with Gasteiger partial charge in [0.25, 0.3) is 0 Å². The van der Waals surface area contributed by atoms with Crippen LogP contribution in [0.5, 0.6) is 0 Å². The van der Waals surface area contributed by atoms with E-state index in [0.717, 1.165) is 18.6 Å². The quantitative estimate of drug-likeness (QED) is 0.805. The molecule has 1 amide bonds. The fourth-order valence-electron chi connectivity index (χ4n) is 1.92. The molecule has 0 spiro atoms. The SMILES string of the molecule is CC1(C(=O)Nc2cccc(C#CCN)n2)CCCS1. The van der Waals surface area contributed by atoms with Gasteiger partial charge in [0.1, 0.15) is 11.5 Å². The molecule has 2 rings (SSSR count). The van der Waals surface area contributed by atoms with Crippen LogP contribution in [0.1, 0.15) is 25.5 Å². The Labute approximate surface area is 117 Å². The van der Waals surface area contributed by atoms with Crippen molar-refractivity contribution in [2.75, 3.05) is 17.6 Å². The topological polar surface area (TPSA) is 68.0 Å². The van der Waals surface area contributed by atoms with Crippen LogP contribution in [0, 0.1) is 11.8 Å². The lowest BCUT2D eigenvalue weighted by atomic mass is 10.1. The van der Waals surface area contributed by atoms with Gasteiger partial charge in [-0.3, -0.25) is 4.79 Å². The molecule has 100 valence electrons. The molecule has 5 heteroatoms. The molecular weight excluding hydrogens is 258 g/mol. The number of anilines is 1. The summed E-state index contributed by atoms with van der Waals surface area (Å²) in [7, 11) is 0. The van der Waals surface area contributed by atoms with Crippen molar-refractivity contribution in [3.63, 3.8) is 0 Å². The molecule has 0 radical (unpaired) electrons. The molecular formula is C14H17N3OS. The molecule has 1 unspecified atom stereocenters. The number of rotatable bonds is 2. The maximum absolute atomic E-state index is 12.2. The van der Waals surface area contributed by atoms with Gasteiger partial charge in [0.05, 0.1) is 11.3 Å². The number of hydrogen-bond acceptors (Lipinski definition) is 4. The predicted molar refractivity (Wildman–Crippen MR) is 78.9 cm³/mol. The lowest BCUT2D eigenvalue weighted by Gasteiger charge is -2.21. The van der Waals surface area contributed by atoms with Crippen LogP contribution < -0.4 is 11.1 Å². The third-order valence-corrected chi connectivity index (χ3v) is 4.53. The van der Waals surface area contributed by atoms with Gasteiger partial charge >= 0.3 is 0 Å². The van der Waals surface area contributed by atoms with Crippen LogP contribution in [0.15, 0.2) is 18.2 Å². The predicted octanol–water partition coefficient (Wildman–Crippen LogP) is 1.62. The maximum Gasteiger partial charge on any atom is 0.241 e. The van der Waals surface area contributed by atoms with Crippen LogP contribution in [0.2, 0.25) is 0 Å². The number of hydrogen-bond donors (Lipinski definition) is 2. The van der Waals surface area contributed by atoms with Gasteiger partial charge in [-0.05, 0) is 43.6 Å². The minimum absolute atomic E-state index is 0.0198. The zero-order valence-corrected chi connectivity index (χ0v) is 11.7. The molecule has 1 atom stereocenters. The highest BCUT2D eigenvalue weighted by Gasteiger charge is 2.37. The summed E-state index contributed by atoms with van der Waals surface area (Å²) in [6.07, 6.45) is 2.00. The monoisotopic (exact) mass is 275 g/mol. The van der Waals surface area contributed by atoms with E-state index in [1.54, 1.807) is 23.9 Å².